The van der Waals surface area contributed by atoms with E-state index in [0.29, 0.717) is 5.88 Å². The average Bonchev–Trinajstić information content (AvgIpc) is 2.68. The zero-order chi connectivity index (χ0) is 13.6. The van der Waals surface area contributed by atoms with Crippen LogP contribution < -0.4 is 0 Å². The summed E-state index contributed by atoms with van der Waals surface area (Å²) in [5.74, 6) is 0.734. The molecule has 0 unspecified atom stereocenters. The normalized spacial score (nSPS) is 17.7. The minimum atomic E-state index is -0.401. The molecule has 0 amide bonds. The van der Waals surface area contributed by atoms with Gasteiger partial charge in [-0.25, -0.2) is 9.37 Å². The van der Waals surface area contributed by atoms with E-state index in [0.717, 1.165) is 36.1 Å². The van der Waals surface area contributed by atoms with Crippen molar-refractivity contribution in [3.63, 3.8) is 0 Å². The fourth-order valence-electron chi connectivity index (χ4n) is 3.06. The van der Waals surface area contributed by atoms with Gasteiger partial charge in [-0.2, -0.15) is 0 Å². The van der Waals surface area contributed by atoms with Gasteiger partial charge in [-0.15, -0.1) is 11.6 Å². The molecular formula is C14H15Cl2FN2. The maximum Gasteiger partial charge on any atom is 0.144 e. The van der Waals surface area contributed by atoms with Gasteiger partial charge in [0.05, 0.1) is 21.9 Å². The van der Waals surface area contributed by atoms with Gasteiger partial charge in [0.1, 0.15) is 11.6 Å². The Labute approximate surface area is 121 Å². The van der Waals surface area contributed by atoms with E-state index in [1.165, 1.54) is 12.5 Å². The number of aromatic nitrogens is 2. The number of benzene rings is 1. The molecule has 2 nitrogen and oxygen atoms in total. The summed E-state index contributed by atoms with van der Waals surface area (Å²) in [6, 6.07) is 3.07. The summed E-state index contributed by atoms with van der Waals surface area (Å²) in [4.78, 5) is 4.51. The Hall–Kier alpha value is -0.800. The van der Waals surface area contributed by atoms with Crippen molar-refractivity contribution in [1.29, 1.82) is 0 Å². The van der Waals surface area contributed by atoms with E-state index in [9.17, 15) is 4.39 Å². The Morgan fingerprint density at radius 1 is 1.42 bits per heavy atom. The Balaban J connectivity index is 2.29. The maximum atomic E-state index is 13.7. The molecule has 3 rings (SSSR count). The molecule has 1 aliphatic rings. The monoisotopic (exact) mass is 300 g/mol. The van der Waals surface area contributed by atoms with Crippen LogP contribution in [0.3, 0.4) is 0 Å². The summed E-state index contributed by atoms with van der Waals surface area (Å²) in [6.07, 6.45) is 4.41. The Morgan fingerprint density at radius 2 is 2.16 bits per heavy atom. The van der Waals surface area contributed by atoms with Crippen molar-refractivity contribution in [3.8, 4) is 0 Å². The minimum absolute atomic E-state index is 0.0548. The summed E-state index contributed by atoms with van der Waals surface area (Å²) in [6.45, 7) is 2.16. The SMILES string of the molecule is CCC1(n2c(CCl)nc3cc(Cl)c(F)cc32)CCC1. The van der Waals surface area contributed by atoms with E-state index >= 15 is 0 Å². The average molecular weight is 301 g/mol. The van der Waals surface area contributed by atoms with Gasteiger partial charge in [0.2, 0.25) is 0 Å². The Morgan fingerprint density at radius 3 is 2.68 bits per heavy atom. The second-order valence-corrected chi connectivity index (χ2v) is 5.86. The van der Waals surface area contributed by atoms with Crippen LogP contribution in [0.25, 0.3) is 11.0 Å². The third kappa shape index (κ3) is 1.86. The number of imidazole rings is 1. The lowest BCUT2D eigenvalue weighted by Gasteiger charge is -2.44. The third-order valence-corrected chi connectivity index (χ3v) is 4.83. The van der Waals surface area contributed by atoms with Crippen molar-refractivity contribution < 1.29 is 4.39 Å². The van der Waals surface area contributed by atoms with Crippen LogP contribution in [0.4, 0.5) is 4.39 Å². The molecule has 1 aliphatic carbocycles. The maximum absolute atomic E-state index is 13.7. The molecule has 102 valence electrons. The van der Waals surface area contributed by atoms with E-state index in [1.54, 1.807) is 6.07 Å². The molecule has 0 aliphatic heterocycles. The zero-order valence-corrected chi connectivity index (χ0v) is 12.2. The van der Waals surface area contributed by atoms with Gasteiger partial charge in [-0.05, 0) is 31.7 Å². The van der Waals surface area contributed by atoms with Crippen LogP contribution >= 0.6 is 23.2 Å². The summed E-state index contributed by atoms with van der Waals surface area (Å²) in [5.41, 5.74) is 1.58. The zero-order valence-electron chi connectivity index (χ0n) is 10.7. The van der Waals surface area contributed by atoms with Crippen molar-refractivity contribution in [2.24, 2.45) is 0 Å². The first kappa shape index (κ1) is 13.2. The number of rotatable bonds is 3. The van der Waals surface area contributed by atoms with E-state index in [-0.39, 0.29) is 10.6 Å². The molecule has 1 aromatic heterocycles. The van der Waals surface area contributed by atoms with Crippen LogP contribution in [0.5, 0.6) is 0 Å². The number of hydrogen-bond acceptors (Lipinski definition) is 1. The first-order valence-corrected chi connectivity index (χ1v) is 7.45. The summed E-state index contributed by atoms with van der Waals surface area (Å²) in [5, 5.41) is 0.109. The van der Waals surface area contributed by atoms with Crippen LogP contribution in [0.2, 0.25) is 5.02 Å². The van der Waals surface area contributed by atoms with Gasteiger partial charge in [0.25, 0.3) is 0 Å². The lowest BCUT2D eigenvalue weighted by molar-refractivity contribution is 0.138. The molecule has 0 saturated heterocycles. The Bertz CT molecular complexity index is 626. The quantitative estimate of drug-likeness (QED) is 0.740. The lowest BCUT2D eigenvalue weighted by Crippen LogP contribution is -2.40. The highest BCUT2D eigenvalue weighted by molar-refractivity contribution is 6.31. The van der Waals surface area contributed by atoms with Gasteiger partial charge >= 0.3 is 0 Å². The van der Waals surface area contributed by atoms with Crippen LogP contribution in [0, 0.1) is 5.82 Å². The minimum Gasteiger partial charge on any atom is -0.321 e. The number of fused-ring (bicyclic) bond motifs is 1. The van der Waals surface area contributed by atoms with Crippen LogP contribution in [-0.2, 0) is 11.4 Å². The molecule has 1 heterocycles. The molecular weight excluding hydrogens is 286 g/mol. The molecule has 0 spiro atoms. The van der Waals surface area contributed by atoms with Gasteiger partial charge in [0.15, 0.2) is 0 Å². The molecule has 1 saturated carbocycles. The van der Waals surface area contributed by atoms with E-state index < -0.39 is 5.82 Å². The van der Waals surface area contributed by atoms with Crippen molar-refractivity contribution in [2.45, 2.75) is 44.0 Å². The third-order valence-electron chi connectivity index (χ3n) is 4.30. The molecule has 19 heavy (non-hydrogen) atoms. The number of alkyl halides is 1. The highest BCUT2D eigenvalue weighted by Crippen LogP contribution is 2.45. The second kappa shape index (κ2) is 4.64. The lowest BCUT2D eigenvalue weighted by atomic mass is 9.74. The highest BCUT2D eigenvalue weighted by atomic mass is 35.5. The predicted octanol–water partition coefficient (Wildman–Crippen LogP) is 4.86. The van der Waals surface area contributed by atoms with Gasteiger partial charge in [0, 0.05) is 11.6 Å². The highest BCUT2D eigenvalue weighted by Gasteiger charge is 2.39. The van der Waals surface area contributed by atoms with E-state index in [4.69, 9.17) is 23.2 Å². The molecule has 1 fully saturated rings. The predicted molar refractivity (Wildman–Crippen MR) is 76.4 cm³/mol. The molecule has 2 aromatic rings. The van der Waals surface area contributed by atoms with Gasteiger partial charge < -0.3 is 4.57 Å². The Kier molecular flexibility index (Phi) is 3.22. The number of nitrogens with zero attached hydrogens (tertiary/aromatic N) is 2. The fourth-order valence-corrected chi connectivity index (χ4v) is 3.40. The number of hydrogen-bond donors (Lipinski definition) is 0. The van der Waals surface area contributed by atoms with Crippen molar-refractivity contribution in [3.05, 3.63) is 28.8 Å². The summed E-state index contributed by atoms with van der Waals surface area (Å²) >= 11 is 11.8. The van der Waals surface area contributed by atoms with E-state index in [2.05, 4.69) is 16.5 Å². The fraction of sp³-hybridized carbons (Fsp3) is 0.500. The van der Waals surface area contributed by atoms with Crippen LogP contribution in [0.1, 0.15) is 38.4 Å². The molecule has 0 atom stereocenters. The second-order valence-electron chi connectivity index (χ2n) is 5.18. The first-order valence-electron chi connectivity index (χ1n) is 6.54. The van der Waals surface area contributed by atoms with E-state index in [1.807, 2.05) is 0 Å². The molecule has 0 radical (unpaired) electrons. The van der Waals surface area contributed by atoms with Gasteiger partial charge in [-0.1, -0.05) is 18.5 Å². The van der Waals surface area contributed by atoms with Crippen molar-refractivity contribution in [1.82, 2.24) is 9.55 Å². The topological polar surface area (TPSA) is 17.8 Å². The number of halogens is 3. The smallest absolute Gasteiger partial charge is 0.144 e. The molecule has 1 aromatic carbocycles. The largest absolute Gasteiger partial charge is 0.321 e. The van der Waals surface area contributed by atoms with Crippen molar-refractivity contribution in [2.75, 3.05) is 0 Å². The molecule has 5 heteroatoms. The van der Waals surface area contributed by atoms with Crippen LogP contribution in [0.15, 0.2) is 12.1 Å². The molecule has 0 N–H and O–H groups in total. The molecule has 0 bridgehead atoms. The van der Waals surface area contributed by atoms with Gasteiger partial charge in [-0.3, -0.25) is 0 Å². The summed E-state index contributed by atoms with van der Waals surface area (Å²) in [7, 11) is 0. The van der Waals surface area contributed by atoms with Crippen LogP contribution in [-0.4, -0.2) is 9.55 Å². The standard InChI is InChI=1S/C14H15Cl2FN2/c1-2-14(4-3-5-14)19-12-7-10(17)9(16)6-11(12)18-13(19)8-15/h6-7H,2-5,8H2,1H3. The first-order chi connectivity index (χ1) is 9.11. The summed E-state index contributed by atoms with van der Waals surface area (Å²) < 4.78 is 15.9. The van der Waals surface area contributed by atoms with Crippen molar-refractivity contribution >= 4 is 34.2 Å².